The van der Waals surface area contributed by atoms with Gasteiger partial charge < -0.3 is 5.32 Å². The molecule has 1 fully saturated rings. The molecule has 1 N–H and O–H groups in total. The summed E-state index contributed by atoms with van der Waals surface area (Å²) in [6.45, 7) is 2.72. The fourth-order valence-corrected chi connectivity index (χ4v) is 6.04. The van der Waals surface area contributed by atoms with Crippen molar-refractivity contribution in [3.05, 3.63) is 59.4 Å². The highest BCUT2D eigenvalue weighted by atomic mass is 32.2. The Morgan fingerprint density at radius 3 is 2.52 bits per heavy atom. The fraction of sp³-hybridized carbons (Fsp3) is 0.417. The van der Waals surface area contributed by atoms with Gasteiger partial charge in [0, 0.05) is 43.7 Å². The van der Waals surface area contributed by atoms with E-state index in [1.54, 1.807) is 37.3 Å². The van der Waals surface area contributed by atoms with E-state index in [4.69, 9.17) is 0 Å². The van der Waals surface area contributed by atoms with Crippen LogP contribution in [0.5, 0.6) is 0 Å². The molecular formula is C24H28FN3O4S. The molecule has 2 aliphatic rings. The second kappa shape index (κ2) is 9.61. The van der Waals surface area contributed by atoms with Crippen molar-refractivity contribution < 1.29 is 22.4 Å². The fourth-order valence-electron chi connectivity index (χ4n) is 4.47. The first-order valence-electron chi connectivity index (χ1n) is 11.3. The molecule has 2 heterocycles. The SMILES string of the molecule is CCC(=O)N1c2ccc(S(=O)(=O)N3CCCCC3)cc2CC1C(=O)NCc1ccccc1F. The lowest BCUT2D eigenvalue weighted by molar-refractivity contribution is -0.126. The standard InChI is InChI=1S/C24H28FN3O4S/c1-2-23(29)28-21-11-10-19(33(31,32)27-12-6-3-7-13-27)14-18(21)15-22(28)24(30)26-16-17-8-4-5-9-20(17)25/h4-5,8-11,14,22H,2-3,6-7,12-13,15-16H2,1H3,(H,26,30). The van der Waals surface area contributed by atoms with Crippen LogP contribution in [0.15, 0.2) is 47.4 Å². The van der Waals surface area contributed by atoms with E-state index in [1.807, 2.05) is 0 Å². The summed E-state index contributed by atoms with van der Waals surface area (Å²) in [5.41, 5.74) is 1.54. The van der Waals surface area contributed by atoms with Crippen molar-refractivity contribution in [1.82, 2.24) is 9.62 Å². The van der Waals surface area contributed by atoms with Crippen molar-refractivity contribution in [1.29, 1.82) is 0 Å². The molecule has 0 aromatic heterocycles. The van der Waals surface area contributed by atoms with Gasteiger partial charge in [-0.25, -0.2) is 12.8 Å². The number of carbonyl (C=O) groups excluding carboxylic acids is 2. The van der Waals surface area contributed by atoms with Crippen molar-refractivity contribution in [2.45, 2.75) is 56.5 Å². The lowest BCUT2D eigenvalue weighted by Crippen LogP contribution is -2.47. The number of benzene rings is 2. The monoisotopic (exact) mass is 473 g/mol. The smallest absolute Gasteiger partial charge is 0.243 e. The van der Waals surface area contributed by atoms with Gasteiger partial charge >= 0.3 is 0 Å². The van der Waals surface area contributed by atoms with Gasteiger partial charge in [0.15, 0.2) is 0 Å². The van der Waals surface area contributed by atoms with Crippen LogP contribution < -0.4 is 10.2 Å². The number of fused-ring (bicyclic) bond motifs is 1. The number of amides is 2. The lowest BCUT2D eigenvalue weighted by Gasteiger charge is -2.26. The van der Waals surface area contributed by atoms with Crippen LogP contribution in [0, 0.1) is 5.82 Å². The predicted molar refractivity (Wildman–Crippen MR) is 123 cm³/mol. The predicted octanol–water partition coefficient (Wildman–Crippen LogP) is 2.98. The van der Waals surface area contributed by atoms with E-state index in [9.17, 15) is 22.4 Å². The summed E-state index contributed by atoms with van der Waals surface area (Å²) in [7, 11) is -3.63. The molecule has 2 aromatic carbocycles. The Bertz CT molecular complexity index is 1160. The number of halogens is 1. The molecule has 2 aromatic rings. The molecule has 2 amide bonds. The molecule has 2 aliphatic heterocycles. The molecule has 1 saturated heterocycles. The second-order valence-electron chi connectivity index (χ2n) is 8.40. The topological polar surface area (TPSA) is 86.8 Å². The number of rotatable bonds is 6. The summed E-state index contributed by atoms with van der Waals surface area (Å²) >= 11 is 0. The Balaban J connectivity index is 1.58. The third kappa shape index (κ3) is 4.65. The maximum atomic E-state index is 13.9. The van der Waals surface area contributed by atoms with E-state index in [0.29, 0.717) is 29.9 Å². The van der Waals surface area contributed by atoms with Gasteiger partial charge in [-0.1, -0.05) is 31.5 Å². The number of sulfonamides is 1. The van der Waals surface area contributed by atoms with Gasteiger partial charge in [0.2, 0.25) is 21.8 Å². The Labute approximate surface area is 193 Å². The van der Waals surface area contributed by atoms with E-state index in [0.717, 1.165) is 19.3 Å². The van der Waals surface area contributed by atoms with Gasteiger partial charge in [-0.15, -0.1) is 0 Å². The van der Waals surface area contributed by atoms with Crippen LogP contribution in [-0.4, -0.2) is 43.7 Å². The first kappa shape index (κ1) is 23.4. The zero-order chi connectivity index (χ0) is 23.6. The largest absolute Gasteiger partial charge is 0.350 e. The Morgan fingerprint density at radius 2 is 1.82 bits per heavy atom. The highest BCUT2D eigenvalue weighted by Crippen LogP contribution is 2.35. The summed E-state index contributed by atoms with van der Waals surface area (Å²) in [4.78, 5) is 27.3. The molecule has 176 valence electrons. The van der Waals surface area contributed by atoms with Crippen LogP contribution in [0.2, 0.25) is 0 Å². The molecule has 0 aliphatic carbocycles. The number of piperidine rings is 1. The van der Waals surface area contributed by atoms with E-state index in [-0.39, 0.29) is 30.2 Å². The van der Waals surface area contributed by atoms with E-state index in [2.05, 4.69) is 5.32 Å². The van der Waals surface area contributed by atoms with Crippen molar-refractivity contribution in [3.8, 4) is 0 Å². The van der Waals surface area contributed by atoms with Gasteiger partial charge in [0.05, 0.1) is 4.90 Å². The summed E-state index contributed by atoms with van der Waals surface area (Å²) in [6, 6.07) is 10.1. The molecular weight excluding hydrogens is 445 g/mol. The van der Waals surface area contributed by atoms with Crippen LogP contribution in [0.25, 0.3) is 0 Å². The third-order valence-electron chi connectivity index (χ3n) is 6.27. The summed E-state index contributed by atoms with van der Waals surface area (Å²) in [5.74, 6) is -1.05. The van der Waals surface area contributed by atoms with E-state index < -0.39 is 27.8 Å². The molecule has 0 saturated carbocycles. The minimum atomic E-state index is -3.63. The highest BCUT2D eigenvalue weighted by Gasteiger charge is 2.39. The molecule has 4 rings (SSSR count). The molecule has 0 bridgehead atoms. The summed E-state index contributed by atoms with van der Waals surface area (Å²) < 4.78 is 41.6. The maximum Gasteiger partial charge on any atom is 0.243 e. The zero-order valence-electron chi connectivity index (χ0n) is 18.6. The van der Waals surface area contributed by atoms with Crippen LogP contribution >= 0.6 is 0 Å². The Kier molecular flexibility index (Phi) is 6.81. The molecule has 0 spiro atoms. The first-order valence-corrected chi connectivity index (χ1v) is 12.7. The summed E-state index contributed by atoms with van der Waals surface area (Å²) in [6.07, 6.45) is 3.10. The number of carbonyl (C=O) groups is 2. The normalized spacial score (nSPS) is 18.7. The van der Waals surface area contributed by atoms with Crippen LogP contribution in [0.3, 0.4) is 0 Å². The van der Waals surface area contributed by atoms with Crippen molar-refractivity contribution in [2.24, 2.45) is 0 Å². The minimum Gasteiger partial charge on any atom is -0.350 e. The first-order chi connectivity index (χ1) is 15.8. The third-order valence-corrected chi connectivity index (χ3v) is 8.17. The van der Waals surface area contributed by atoms with Crippen LogP contribution in [0.1, 0.15) is 43.7 Å². The van der Waals surface area contributed by atoms with Crippen molar-refractivity contribution in [3.63, 3.8) is 0 Å². The molecule has 9 heteroatoms. The van der Waals surface area contributed by atoms with Gasteiger partial charge in [-0.3, -0.25) is 14.5 Å². The lowest BCUT2D eigenvalue weighted by atomic mass is 10.1. The Hall–Kier alpha value is -2.78. The number of nitrogens with one attached hydrogen (secondary N) is 1. The van der Waals surface area contributed by atoms with Crippen molar-refractivity contribution in [2.75, 3.05) is 18.0 Å². The van der Waals surface area contributed by atoms with Crippen LogP contribution in [-0.2, 0) is 32.6 Å². The number of anilines is 1. The van der Waals surface area contributed by atoms with E-state index in [1.165, 1.54) is 21.3 Å². The number of nitrogens with zero attached hydrogens (tertiary/aromatic N) is 2. The highest BCUT2D eigenvalue weighted by molar-refractivity contribution is 7.89. The summed E-state index contributed by atoms with van der Waals surface area (Å²) in [5, 5.41) is 2.72. The quantitative estimate of drug-likeness (QED) is 0.699. The van der Waals surface area contributed by atoms with Gasteiger partial charge in [0.1, 0.15) is 11.9 Å². The molecule has 1 unspecified atom stereocenters. The minimum absolute atomic E-state index is 0.00109. The maximum absolute atomic E-state index is 13.9. The Morgan fingerprint density at radius 1 is 1.09 bits per heavy atom. The molecule has 7 nitrogen and oxygen atoms in total. The average molecular weight is 474 g/mol. The van der Waals surface area contributed by atoms with Gasteiger partial charge in [-0.2, -0.15) is 4.31 Å². The number of hydrogen-bond acceptors (Lipinski definition) is 4. The van der Waals surface area contributed by atoms with Crippen LogP contribution in [0.4, 0.5) is 10.1 Å². The molecule has 1 atom stereocenters. The second-order valence-corrected chi connectivity index (χ2v) is 10.3. The van der Waals surface area contributed by atoms with Gasteiger partial charge in [0.25, 0.3) is 0 Å². The van der Waals surface area contributed by atoms with Gasteiger partial charge in [-0.05, 0) is 42.7 Å². The average Bonchev–Trinajstić information content (AvgIpc) is 3.22. The molecule has 33 heavy (non-hydrogen) atoms. The van der Waals surface area contributed by atoms with Crippen molar-refractivity contribution >= 4 is 27.5 Å². The number of hydrogen-bond donors (Lipinski definition) is 1. The van der Waals surface area contributed by atoms with E-state index >= 15 is 0 Å². The molecule has 0 radical (unpaired) electrons. The zero-order valence-corrected chi connectivity index (χ0v) is 19.4.